The van der Waals surface area contributed by atoms with Crippen LogP contribution < -0.4 is 11.1 Å². The molecular formula is C13H18N4O2S. The molecule has 0 aliphatic rings. The Hall–Kier alpha value is -2.02. The molecular weight excluding hydrogens is 276 g/mol. The number of benzene rings is 1. The van der Waals surface area contributed by atoms with Gasteiger partial charge in [0.2, 0.25) is 0 Å². The van der Waals surface area contributed by atoms with Crippen LogP contribution in [-0.2, 0) is 23.3 Å². The SMILES string of the molecule is Cn1ccc(CCNc2ccc(S(C)(=O)=O)cc2N)n1. The third-order valence-electron chi connectivity index (χ3n) is 2.92. The van der Waals surface area contributed by atoms with E-state index >= 15 is 0 Å². The number of hydrogen-bond donors (Lipinski definition) is 2. The van der Waals surface area contributed by atoms with Gasteiger partial charge in [-0.1, -0.05) is 0 Å². The van der Waals surface area contributed by atoms with Crippen molar-refractivity contribution in [2.45, 2.75) is 11.3 Å². The van der Waals surface area contributed by atoms with Gasteiger partial charge in [0.1, 0.15) is 0 Å². The van der Waals surface area contributed by atoms with Crippen molar-refractivity contribution in [3.8, 4) is 0 Å². The number of nitrogens with two attached hydrogens (primary N) is 1. The third-order valence-corrected chi connectivity index (χ3v) is 4.03. The van der Waals surface area contributed by atoms with Crippen LogP contribution in [0.1, 0.15) is 5.69 Å². The number of aryl methyl sites for hydroxylation is 1. The summed E-state index contributed by atoms with van der Waals surface area (Å²) in [6, 6.07) is 6.66. The predicted octanol–water partition coefficient (Wildman–Crippen LogP) is 1.06. The van der Waals surface area contributed by atoms with E-state index in [4.69, 9.17) is 5.73 Å². The molecule has 2 aromatic rings. The third kappa shape index (κ3) is 3.51. The first-order chi connectivity index (χ1) is 9.36. The highest BCUT2D eigenvalue weighted by Crippen LogP contribution is 2.22. The largest absolute Gasteiger partial charge is 0.397 e. The highest BCUT2D eigenvalue weighted by atomic mass is 32.2. The lowest BCUT2D eigenvalue weighted by atomic mass is 10.2. The monoisotopic (exact) mass is 294 g/mol. The average molecular weight is 294 g/mol. The number of sulfone groups is 1. The van der Waals surface area contributed by atoms with Crippen molar-refractivity contribution < 1.29 is 8.42 Å². The minimum atomic E-state index is -3.22. The predicted molar refractivity (Wildman–Crippen MR) is 79.4 cm³/mol. The lowest BCUT2D eigenvalue weighted by Crippen LogP contribution is -2.08. The molecule has 0 aliphatic heterocycles. The molecule has 0 atom stereocenters. The van der Waals surface area contributed by atoms with E-state index in [1.807, 2.05) is 19.3 Å². The summed E-state index contributed by atoms with van der Waals surface area (Å²) in [4.78, 5) is 0.227. The molecule has 1 aromatic carbocycles. The Balaban J connectivity index is 2.00. The van der Waals surface area contributed by atoms with Gasteiger partial charge in [-0.3, -0.25) is 4.68 Å². The zero-order chi connectivity index (χ0) is 14.8. The second-order valence-corrected chi connectivity index (χ2v) is 6.69. The average Bonchev–Trinajstić information content (AvgIpc) is 2.76. The van der Waals surface area contributed by atoms with Crippen LogP contribution in [-0.4, -0.2) is 31.0 Å². The van der Waals surface area contributed by atoms with Gasteiger partial charge in [-0.25, -0.2) is 8.42 Å². The van der Waals surface area contributed by atoms with E-state index in [1.54, 1.807) is 16.8 Å². The fourth-order valence-corrected chi connectivity index (χ4v) is 2.51. The lowest BCUT2D eigenvalue weighted by Gasteiger charge is -2.09. The van der Waals surface area contributed by atoms with Crippen molar-refractivity contribution in [1.29, 1.82) is 0 Å². The summed E-state index contributed by atoms with van der Waals surface area (Å²) in [5, 5.41) is 7.46. The quantitative estimate of drug-likeness (QED) is 0.805. The molecule has 1 heterocycles. The molecule has 0 saturated carbocycles. The summed E-state index contributed by atoms with van der Waals surface area (Å²) in [5.41, 5.74) is 8.00. The second kappa shape index (κ2) is 5.54. The summed E-state index contributed by atoms with van der Waals surface area (Å²) in [5.74, 6) is 0. The van der Waals surface area contributed by atoms with E-state index in [-0.39, 0.29) is 4.90 Å². The number of rotatable bonds is 5. The minimum absolute atomic E-state index is 0.227. The maximum Gasteiger partial charge on any atom is 0.175 e. The van der Waals surface area contributed by atoms with Crippen molar-refractivity contribution >= 4 is 21.2 Å². The second-order valence-electron chi connectivity index (χ2n) is 4.68. The molecule has 0 saturated heterocycles. The number of hydrogen-bond acceptors (Lipinski definition) is 5. The normalized spacial score (nSPS) is 11.5. The molecule has 0 fully saturated rings. The molecule has 0 bridgehead atoms. The number of aromatic nitrogens is 2. The Bertz CT molecular complexity index is 707. The van der Waals surface area contributed by atoms with Gasteiger partial charge in [0.15, 0.2) is 9.84 Å². The van der Waals surface area contributed by atoms with Crippen molar-refractivity contribution in [2.24, 2.45) is 7.05 Å². The van der Waals surface area contributed by atoms with Crippen LogP contribution in [0, 0.1) is 0 Å². The summed E-state index contributed by atoms with van der Waals surface area (Å²) in [6.45, 7) is 0.680. The van der Waals surface area contributed by atoms with E-state index in [0.717, 1.165) is 24.1 Å². The molecule has 7 heteroatoms. The molecule has 20 heavy (non-hydrogen) atoms. The fraction of sp³-hybridized carbons (Fsp3) is 0.308. The molecule has 0 aliphatic carbocycles. The molecule has 0 spiro atoms. The van der Waals surface area contributed by atoms with Gasteiger partial charge in [0, 0.05) is 32.5 Å². The van der Waals surface area contributed by atoms with Crippen molar-refractivity contribution in [1.82, 2.24) is 9.78 Å². The van der Waals surface area contributed by atoms with Crippen LogP contribution in [0.4, 0.5) is 11.4 Å². The molecule has 1 aromatic heterocycles. The van der Waals surface area contributed by atoms with Gasteiger partial charge in [0.05, 0.1) is 22.0 Å². The Labute approximate surface area is 118 Å². The zero-order valence-electron chi connectivity index (χ0n) is 11.5. The molecule has 0 unspecified atom stereocenters. The van der Waals surface area contributed by atoms with Crippen LogP contribution in [0.2, 0.25) is 0 Å². The summed E-state index contributed by atoms with van der Waals surface area (Å²) in [7, 11) is -1.35. The first-order valence-electron chi connectivity index (χ1n) is 6.18. The standard InChI is InChI=1S/C13H18N4O2S/c1-17-8-6-10(16-17)5-7-15-13-4-3-11(9-12(13)14)20(2,18)19/h3-4,6,8-9,15H,5,7,14H2,1-2H3. The van der Waals surface area contributed by atoms with Crippen molar-refractivity contribution in [2.75, 3.05) is 23.9 Å². The number of anilines is 2. The summed E-state index contributed by atoms with van der Waals surface area (Å²) < 4.78 is 24.6. The van der Waals surface area contributed by atoms with Gasteiger partial charge >= 0.3 is 0 Å². The first-order valence-corrected chi connectivity index (χ1v) is 8.07. The zero-order valence-corrected chi connectivity index (χ0v) is 12.3. The van der Waals surface area contributed by atoms with E-state index in [2.05, 4.69) is 10.4 Å². The Kier molecular flexibility index (Phi) is 3.99. The topological polar surface area (TPSA) is 90.0 Å². The molecule has 6 nitrogen and oxygen atoms in total. The Morgan fingerprint density at radius 2 is 2.10 bits per heavy atom. The molecule has 108 valence electrons. The van der Waals surface area contributed by atoms with Gasteiger partial charge in [-0.05, 0) is 24.3 Å². The maximum atomic E-state index is 11.4. The number of nitrogens with zero attached hydrogens (tertiary/aromatic N) is 2. The van der Waals surface area contributed by atoms with Crippen LogP contribution in [0.5, 0.6) is 0 Å². The van der Waals surface area contributed by atoms with Crippen LogP contribution >= 0.6 is 0 Å². The summed E-state index contributed by atoms with van der Waals surface area (Å²) in [6.07, 6.45) is 3.83. The van der Waals surface area contributed by atoms with Gasteiger partial charge in [0.25, 0.3) is 0 Å². The smallest absolute Gasteiger partial charge is 0.175 e. The van der Waals surface area contributed by atoms with E-state index in [1.165, 1.54) is 6.07 Å². The van der Waals surface area contributed by atoms with Gasteiger partial charge in [-0.15, -0.1) is 0 Å². The fourth-order valence-electron chi connectivity index (χ4n) is 1.85. The Morgan fingerprint density at radius 1 is 1.35 bits per heavy atom. The van der Waals surface area contributed by atoms with Crippen LogP contribution in [0.25, 0.3) is 0 Å². The molecule has 3 N–H and O–H groups in total. The molecule has 0 amide bonds. The summed E-state index contributed by atoms with van der Waals surface area (Å²) >= 11 is 0. The minimum Gasteiger partial charge on any atom is -0.397 e. The number of nitrogens with one attached hydrogen (secondary N) is 1. The van der Waals surface area contributed by atoms with Crippen LogP contribution in [0.15, 0.2) is 35.4 Å². The van der Waals surface area contributed by atoms with E-state index in [9.17, 15) is 8.42 Å². The number of nitrogen functional groups attached to an aromatic ring is 1. The van der Waals surface area contributed by atoms with Crippen LogP contribution in [0.3, 0.4) is 0 Å². The molecule has 0 radical (unpaired) electrons. The van der Waals surface area contributed by atoms with E-state index < -0.39 is 9.84 Å². The highest BCUT2D eigenvalue weighted by Gasteiger charge is 2.09. The molecule has 2 rings (SSSR count). The first kappa shape index (κ1) is 14.4. The van der Waals surface area contributed by atoms with E-state index in [0.29, 0.717) is 12.2 Å². The highest BCUT2D eigenvalue weighted by molar-refractivity contribution is 7.90. The Morgan fingerprint density at radius 3 is 2.65 bits per heavy atom. The van der Waals surface area contributed by atoms with Gasteiger partial charge in [-0.2, -0.15) is 5.10 Å². The lowest BCUT2D eigenvalue weighted by molar-refractivity contribution is 0.602. The maximum absolute atomic E-state index is 11.4. The van der Waals surface area contributed by atoms with Crippen molar-refractivity contribution in [3.63, 3.8) is 0 Å². The van der Waals surface area contributed by atoms with Gasteiger partial charge < -0.3 is 11.1 Å². The van der Waals surface area contributed by atoms with Crippen molar-refractivity contribution in [3.05, 3.63) is 36.2 Å².